The van der Waals surface area contributed by atoms with Gasteiger partial charge in [-0.15, -0.1) is 25.6 Å². The molecule has 4 nitrogen and oxygen atoms in total. The zero-order valence-electron chi connectivity index (χ0n) is 11.5. The highest BCUT2D eigenvalue weighted by atomic mass is 35.5. The normalized spacial score (nSPS) is 13.0. The fourth-order valence-corrected chi connectivity index (χ4v) is 1.48. The van der Waals surface area contributed by atoms with Gasteiger partial charge in [0.2, 0.25) is 0 Å². The SMILES string of the molecule is CCOC(=O)C(F)(F)[C@@H](N)c1ccc(OC(F)(F)F)c(F)c1.Cl. The maximum Gasteiger partial charge on any atom is 0.573 e. The predicted octanol–water partition coefficient (Wildman–Crippen LogP) is 3.34. The molecule has 0 radical (unpaired) electrons. The largest absolute Gasteiger partial charge is 0.573 e. The first-order valence-corrected chi connectivity index (χ1v) is 5.84. The number of halogens is 7. The minimum absolute atomic E-state index is 0. The molecule has 0 bridgehead atoms. The Bertz CT molecular complexity index is 552. The van der Waals surface area contributed by atoms with E-state index in [1.165, 1.54) is 6.92 Å². The van der Waals surface area contributed by atoms with Crippen LogP contribution in [-0.2, 0) is 9.53 Å². The Balaban J connectivity index is 0.00000484. The summed E-state index contributed by atoms with van der Waals surface area (Å²) in [5.74, 6) is -8.85. The van der Waals surface area contributed by atoms with E-state index in [0.717, 1.165) is 0 Å². The molecule has 0 spiro atoms. The van der Waals surface area contributed by atoms with Crippen LogP contribution < -0.4 is 10.5 Å². The number of ether oxygens (including phenoxy) is 2. The number of benzene rings is 1. The van der Waals surface area contributed by atoms with Crippen LogP contribution in [0.25, 0.3) is 0 Å². The van der Waals surface area contributed by atoms with Crippen LogP contribution in [0.1, 0.15) is 18.5 Å². The van der Waals surface area contributed by atoms with Crippen molar-refractivity contribution in [1.82, 2.24) is 0 Å². The van der Waals surface area contributed by atoms with Gasteiger partial charge in [0.25, 0.3) is 0 Å². The Labute approximate surface area is 132 Å². The van der Waals surface area contributed by atoms with E-state index < -0.39 is 41.4 Å². The molecule has 0 aliphatic heterocycles. The summed E-state index contributed by atoms with van der Waals surface area (Å²) in [4.78, 5) is 11.1. The molecular formula is C12H12ClF6NO3. The molecule has 1 aromatic carbocycles. The van der Waals surface area contributed by atoms with Gasteiger partial charge in [0.05, 0.1) is 6.61 Å². The van der Waals surface area contributed by atoms with Crippen LogP contribution in [0.5, 0.6) is 5.75 Å². The predicted molar refractivity (Wildman–Crippen MR) is 68.8 cm³/mol. The van der Waals surface area contributed by atoms with E-state index in [4.69, 9.17) is 5.73 Å². The third kappa shape index (κ3) is 5.47. The Morgan fingerprint density at radius 3 is 2.26 bits per heavy atom. The van der Waals surface area contributed by atoms with Crippen molar-refractivity contribution in [2.24, 2.45) is 5.73 Å². The lowest BCUT2D eigenvalue weighted by Crippen LogP contribution is -2.41. The van der Waals surface area contributed by atoms with Gasteiger partial charge in [0.1, 0.15) is 6.04 Å². The van der Waals surface area contributed by atoms with Gasteiger partial charge in [-0.05, 0) is 24.6 Å². The Hall–Kier alpha value is -1.68. The second kappa shape index (κ2) is 7.73. The summed E-state index contributed by atoms with van der Waals surface area (Å²) in [5.41, 5.74) is 4.58. The number of hydrogen-bond donors (Lipinski definition) is 1. The van der Waals surface area contributed by atoms with Crippen molar-refractivity contribution in [3.05, 3.63) is 29.6 Å². The molecule has 0 saturated carbocycles. The maximum atomic E-state index is 13.7. The summed E-state index contributed by atoms with van der Waals surface area (Å²) in [5, 5.41) is 0. The quantitative estimate of drug-likeness (QED) is 0.640. The van der Waals surface area contributed by atoms with Crippen LogP contribution >= 0.6 is 12.4 Å². The lowest BCUT2D eigenvalue weighted by atomic mass is 10.0. The lowest BCUT2D eigenvalue weighted by Gasteiger charge is -2.22. The minimum atomic E-state index is -5.14. The van der Waals surface area contributed by atoms with Gasteiger partial charge in [-0.2, -0.15) is 8.78 Å². The van der Waals surface area contributed by atoms with Crippen molar-refractivity contribution < 1.29 is 40.6 Å². The second-order valence-corrected chi connectivity index (χ2v) is 4.06. The molecular weight excluding hydrogens is 356 g/mol. The third-order valence-corrected chi connectivity index (χ3v) is 2.48. The van der Waals surface area contributed by atoms with Crippen molar-refractivity contribution in [3.63, 3.8) is 0 Å². The van der Waals surface area contributed by atoms with Crippen molar-refractivity contribution in [3.8, 4) is 5.75 Å². The Morgan fingerprint density at radius 2 is 1.83 bits per heavy atom. The van der Waals surface area contributed by atoms with E-state index in [1.807, 2.05) is 0 Å². The van der Waals surface area contributed by atoms with Crippen LogP contribution in [0.2, 0.25) is 0 Å². The van der Waals surface area contributed by atoms with E-state index in [-0.39, 0.29) is 19.0 Å². The van der Waals surface area contributed by atoms with Crippen LogP contribution in [-0.4, -0.2) is 24.9 Å². The zero-order chi connectivity index (χ0) is 17.1. The topological polar surface area (TPSA) is 61.5 Å². The smallest absolute Gasteiger partial charge is 0.462 e. The van der Waals surface area contributed by atoms with Crippen molar-refractivity contribution >= 4 is 18.4 Å². The van der Waals surface area contributed by atoms with Gasteiger partial charge in [-0.1, -0.05) is 6.07 Å². The van der Waals surface area contributed by atoms with Gasteiger partial charge in [0, 0.05) is 0 Å². The first-order chi connectivity index (χ1) is 9.99. The van der Waals surface area contributed by atoms with E-state index >= 15 is 0 Å². The molecule has 0 aromatic heterocycles. The van der Waals surface area contributed by atoms with E-state index in [1.54, 1.807) is 0 Å². The molecule has 0 aliphatic rings. The number of nitrogens with two attached hydrogens (primary N) is 1. The standard InChI is InChI=1S/C12H11F6NO3.ClH/c1-2-21-10(20)11(14,15)9(19)6-3-4-8(7(13)5-6)22-12(16,17)18;/h3-5,9H,2,19H2,1H3;1H/t9-;/m0./s1. The van der Waals surface area contributed by atoms with Crippen molar-refractivity contribution in [1.29, 1.82) is 0 Å². The molecule has 23 heavy (non-hydrogen) atoms. The second-order valence-electron chi connectivity index (χ2n) is 4.06. The average molecular weight is 368 g/mol. The molecule has 0 heterocycles. The van der Waals surface area contributed by atoms with E-state index in [2.05, 4.69) is 9.47 Å². The first-order valence-electron chi connectivity index (χ1n) is 5.84. The molecule has 1 atom stereocenters. The molecule has 0 aliphatic carbocycles. The number of rotatable bonds is 5. The Morgan fingerprint density at radius 1 is 1.26 bits per heavy atom. The zero-order valence-corrected chi connectivity index (χ0v) is 12.3. The van der Waals surface area contributed by atoms with Gasteiger partial charge in [-0.3, -0.25) is 0 Å². The fourth-order valence-electron chi connectivity index (χ4n) is 1.48. The summed E-state index contributed by atoms with van der Waals surface area (Å²) in [6.07, 6.45) is -5.14. The van der Waals surface area contributed by atoms with Gasteiger partial charge >= 0.3 is 18.3 Å². The molecule has 1 aromatic rings. The van der Waals surface area contributed by atoms with Crippen LogP contribution in [0.3, 0.4) is 0 Å². The lowest BCUT2D eigenvalue weighted by molar-refractivity contribution is -0.275. The first kappa shape index (κ1) is 21.3. The number of carbonyl (C=O) groups is 1. The van der Waals surface area contributed by atoms with Gasteiger partial charge in [-0.25, -0.2) is 9.18 Å². The number of hydrogen-bond acceptors (Lipinski definition) is 4. The highest BCUT2D eigenvalue weighted by Crippen LogP contribution is 2.33. The highest BCUT2D eigenvalue weighted by molar-refractivity contribution is 5.85. The summed E-state index contributed by atoms with van der Waals surface area (Å²) in [6, 6.07) is -0.777. The van der Waals surface area contributed by atoms with Crippen LogP contribution in [0.15, 0.2) is 18.2 Å². The molecule has 11 heteroatoms. The number of carbonyl (C=O) groups excluding carboxylic acids is 1. The maximum absolute atomic E-state index is 13.7. The Kier molecular flexibility index (Phi) is 7.17. The van der Waals surface area contributed by atoms with Gasteiger partial charge in [0.15, 0.2) is 11.6 Å². The molecule has 0 fully saturated rings. The van der Waals surface area contributed by atoms with Crippen LogP contribution in [0, 0.1) is 5.82 Å². The molecule has 0 saturated heterocycles. The van der Waals surface area contributed by atoms with Crippen molar-refractivity contribution in [2.45, 2.75) is 25.3 Å². The molecule has 0 amide bonds. The third-order valence-electron chi connectivity index (χ3n) is 2.48. The summed E-state index contributed by atoms with van der Waals surface area (Å²) < 4.78 is 84.1. The molecule has 1 rings (SSSR count). The number of esters is 1. The minimum Gasteiger partial charge on any atom is -0.462 e. The number of alkyl halides is 5. The van der Waals surface area contributed by atoms with Crippen LogP contribution in [0.4, 0.5) is 26.3 Å². The van der Waals surface area contributed by atoms with E-state index in [0.29, 0.717) is 18.2 Å². The summed E-state index contributed by atoms with van der Waals surface area (Å²) in [7, 11) is 0. The summed E-state index contributed by atoms with van der Waals surface area (Å²) in [6.45, 7) is 0.969. The van der Waals surface area contributed by atoms with E-state index in [9.17, 15) is 31.1 Å². The molecule has 2 N–H and O–H groups in total. The monoisotopic (exact) mass is 367 g/mol. The highest BCUT2D eigenvalue weighted by Gasteiger charge is 2.48. The fraction of sp³-hybridized carbons (Fsp3) is 0.417. The average Bonchev–Trinajstić information content (AvgIpc) is 2.39. The molecule has 0 unspecified atom stereocenters. The van der Waals surface area contributed by atoms with Crippen molar-refractivity contribution in [2.75, 3.05) is 6.61 Å². The van der Waals surface area contributed by atoms with Gasteiger partial charge < -0.3 is 15.2 Å². The summed E-state index contributed by atoms with van der Waals surface area (Å²) >= 11 is 0. The molecule has 132 valence electrons.